The highest BCUT2D eigenvalue weighted by atomic mass is 16.5. The molecule has 0 heterocycles. The van der Waals surface area contributed by atoms with E-state index in [0.717, 1.165) is 38.6 Å². The highest BCUT2D eigenvalue weighted by Crippen LogP contribution is 2.09. The van der Waals surface area contributed by atoms with E-state index >= 15 is 0 Å². The molecule has 0 radical (unpaired) electrons. The van der Waals surface area contributed by atoms with E-state index in [1.54, 1.807) is 0 Å². The summed E-state index contributed by atoms with van der Waals surface area (Å²) >= 11 is 0. The molecule has 2 N–H and O–H groups in total. The van der Waals surface area contributed by atoms with Gasteiger partial charge in [-0.25, -0.2) is 0 Å². The quantitative estimate of drug-likeness (QED) is 0.584. The van der Waals surface area contributed by atoms with Crippen LogP contribution < -0.4 is 5.73 Å². The fourth-order valence-corrected chi connectivity index (χ4v) is 1.87. The standard InChI is InChI=1S/C13H30N2O/c1-5-16-10-9-15(4)11-12(2)7-6-8-13(3)14/h12-13H,5-11,14H2,1-4H3. The van der Waals surface area contributed by atoms with Gasteiger partial charge in [-0.05, 0) is 39.7 Å². The number of rotatable bonds is 10. The van der Waals surface area contributed by atoms with Gasteiger partial charge >= 0.3 is 0 Å². The molecular formula is C13H30N2O. The lowest BCUT2D eigenvalue weighted by molar-refractivity contribution is 0.117. The maximum Gasteiger partial charge on any atom is 0.0593 e. The van der Waals surface area contributed by atoms with Crippen molar-refractivity contribution in [3.8, 4) is 0 Å². The Labute approximate surface area is 101 Å². The average Bonchev–Trinajstić information content (AvgIpc) is 2.17. The molecule has 0 amide bonds. The van der Waals surface area contributed by atoms with Crippen LogP contribution in [0.1, 0.15) is 40.0 Å². The lowest BCUT2D eigenvalue weighted by Gasteiger charge is -2.21. The van der Waals surface area contributed by atoms with Gasteiger partial charge in [0.15, 0.2) is 0 Å². The van der Waals surface area contributed by atoms with E-state index in [9.17, 15) is 0 Å². The van der Waals surface area contributed by atoms with Crippen molar-refractivity contribution in [2.75, 3.05) is 33.4 Å². The third kappa shape index (κ3) is 10.4. The van der Waals surface area contributed by atoms with Crippen LogP contribution >= 0.6 is 0 Å². The zero-order valence-electron chi connectivity index (χ0n) is 11.5. The molecule has 0 bridgehead atoms. The summed E-state index contributed by atoms with van der Waals surface area (Å²) in [5.41, 5.74) is 5.73. The van der Waals surface area contributed by atoms with Crippen molar-refractivity contribution in [3.63, 3.8) is 0 Å². The van der Waals surface area contributed by atoms with E-state index in [1.807, 2.05) is 6.92 Å². The van der Waals surface area contributed by atoms with E-state index < -0.39 is 0 Å². The second-order valence-corrected chi connectivity index (χ2v) is 4.97. The average molecular weight is 230 g/mol. The molecule has 0 aromatic heterocycles. The van der Waals surface area contributed by atoms with Crippen LogP contribution in [-0.2, 0) is 4.74 Å². The number of hydrogen-bond acceptors (Lipinski definition) is 3. The smallest absolute Gasteiger partial charge is 0.0593 e. The van der Waals surface area contributed by atoms with E-state index in [-0.39, 0.29) is 0 Å². The Morgan fingerprint density at radius 3 is 2.50 bits per heavy atom. The van der Waals surface area contributed by atoms with Gasteiger partial charge in [0.25, 0.3) is 0 Å². The first-order chi connectivity index (χ1) is 7.56. The zero-order valence-corrected chi connectivity index (χ0v) is 11.5. The van der Waals surface area contributed by atoms with Gasteiger partial charge in [-0.1, -0.05) is 13.3 Å². The van der Waals surface area contributed by atoms with Crippen LogP contribution in [0.25, 0.3) is 0 Å². The predicted octanol–water partition coefficient (Wildman–Crippen LogP) is 2.11. The molecule has 0 aliphatic rings. The number of likely N-dealkylation sites (N-methyl/N-ethyl adjacent to an activating group) is 1. The van der Waals surface area contributed by atoms with Gasteiger partial charge in [-0.15, -0.1) is 0 Å². The van der Waals surface area contributed by atoms with Gasteiger partial charge in [0.1, 0.15) is 0 Å². The predicted molar refractivity (Wildman–Crippen MR) is 70.7 cm³/mol. The monoisotopic (exact) mass is 230 g/mol. The summed E-state index contributed by atoms with van der Waals surface area (Å²) in [5.74, 6) is 0.755. The molecule has 2 atom stereocenters. The first kappa shape index (κ1) is 15.9. The van der Waals surface area contributed by atoms with Crippen LogP contribution in [0.3, 0.4) is 0 Å². The molecule has 0 aliphatic carbocycles. The van der Waals surface area contributed by atoms with Gasteiger partial charge in [0, 0.05) is 25.7 Å². The first-order valence-corrected chi connectivity index (χ1v) is 6.58. The molecule has 0 aliphatic heterocycles. The minimum Gasteiger partial charge on any atom is -0.380 e. The minimum atomic E-state index is 0.350. The normalized spacial score (nSPS) is 15.4. The molecule has 0 aromatic rings. The number of nitrogens with zero attached hydrogens (tertiary/aromatic N) is 1. The second kappa shape index (κ2) is 10.1. The molecule has 0 aromatic carbocycles. The Balaban J connectivity index is 3.42. The number of hydrogen-bond donors (Lipinski definition) is 1. The summed E-state index contributed by atoms with van der Waals surface area (Å²) in [7, 11) is 2.17. The molecule has 2 unspecified atom stereocenters. The Morgan fingerprint density at radius 1 is 1.25 bits per heavy atom. The van der Waals surface area contributed by atoms with Crippen LogP contribution in [0.4, 0.5) is 0 Å². The molecule has 0 fully saturated rings. The van der Waals surface area contributed by atoms with Crippen LogP contribution in [0.15, 0.2) is 0 Å². The summed E-state index contributed by atoms with van der Waals surface area (Å²) in [6.45, 7) is 10.3. The SMILES string of the molecule is CCOCCN(C)CC(C)CCCC(C)N. The van der Waals surface area contributed by atoms with Crippen LogP contribution in [-0.4, -0.2) is 44.3 Å². The van der Waals surface area contributed by atoms with Crippen molar-refractivity contribution in [1.82, 2.24) is 4.90 Å². The fraction of sp³-hybridized carbons (Fsp3) is 1.00. The Hall–Kier alpha value is -0.120. The van der Waals surface area contributed by atoms with Gasteiger partial charge in [0.05, 0.1) is 6.61 Å². The molecule has 98 valence electrons. The van der Waals surface area contributed by atoms with Gasteiger partial charge in [0.2, 0.25) is 0 Å². The van der Waals surface area contributed by atoms with E-state index in [0.29, 0.717) is 6.04 Å². The van der Waals surface area contributed by atoms with Crippen LogP contribution in [0.5, 0.6) is 0 Å². The van der Waals surface area contributed by atoms with E-state index in [2.05, 4.69) is 25.8 Å². The lowest BCUT2D eigenvalue weighted by atomic mass is 10.0. The van der Waals surface area contributed by atoms with E-state index in [4.69, 9.17) is 10.5 Å². The summed E-state index contributed by atoms with van der Waals surface area (Å²) < 4.78 is 5.34. The molecule has 16 heavy (non-hydrogen) atoms. The highest BCUT2D eigenvalue weighted by molar-refractivity contribution is 4.61. The summed E-state index contributed by atoms with van der Waals surface area (Å²) in [5, 5.41) is 0. The number of ether oxygens (including phenoxy) is 1. The van der Waals surface area contributed by atoms with Gasteiger partial charge in [-0.2, -0.15) is 0 Å². The molecule has 0 saturated carbocycles. The topological polar surface area (TPSA) is 38.5 Å². The summed E-state index contributed by atoms with van der Waals surface area (Å²) in [4.78, 5) is 2.35. The molecular weight excluding hydrogens is 200 g/mol. The van der Waals surface area contributed by atoms with Gasteiger partial charge in [-0.3, -0.25) is 0 Å². The van der Waals surface area contributed by atoms with Crippen LogP contribution in [0.2, 0.25) is 0 Å². The second-order valence-electron chi connectivity index (χ2n) is 4.97. The van der Waals surface area contributed by atoms with Crippen molar-refractivity contribution >= 4 is 0 Å². The van der Waals surface area contributed by atoms with Crippen molar-refractivity contribution in [2.24, 2.45) is 11.7 Å². The summed E-state index contributed by atoms with van der Waals surface area (Å²) in [6.07, 6.45) is 3.67. The number of nitrogens with two attached hydrogens (primary N) is 1. The lowest BCUT2D eigenvalue weighted by Crippen LogP contribution is -2.28. The van der Waals surface area contributed by atoms with Crippen LogP contribution in [0, 0.1) is 5.92 Å². The minimum absolute atomic E-state index is 0.350. The molecule has 0 saturated heterocycles. The van der Waals surface area contributed by atoms with Crippen molar-refractivity contribution in [1.29, 1.82) is 0 Å². The van der Waals surface area contributed by atoms with Crippen molar-refractivity contribution < 1.29 is 4.74 Å². The Morgan fingerprint density at radius 2 is 1.94 bits per heavy atom. The maximum atomic E-state index is 5.73. The molecule has 0 rings (SSSR count). The maximum absolute atomic E-state index is 5.73. The van der Waals surface area contributed by atoms with Gasteiger partial charge < -0.3 is 15.4 Å². The van der Waals surface area contributed by atoms with Crippen molar-refractivity contribution in [3.05, 3.63) is 0 Å². The largest absolute Gasteiger partial charge is 0.380 e. The Bertz CT molecular complexity index is 151. The summed E-state index contributed by atoms with van der Waals surface area (Å²) in [6, 6.07) is 0.350. The third-order valence-corrected chi connectivity index (χ3v) is 2.80. The Kier molecular flexibility index (Phi) is 9.99. The molecule has 0 spiro atoms. The highest BCUT2D eigenvalue weighted by Gasteiger charge is 2.06. The molecule has 3 nitrogen and oxygen atoms in total. The van der Waals surface area contributed by atoms with E-state index in [1.165, 1.54) is 12.8 Å². The first-order valence-electron chi connectivity index (χ1n) is 6.58. The van der Waals surface area contributed by atoms with Crippen molar-refractivity contribution in [2.45, 2.75) is 46.1 Å². The molecule has 3 heteroatoms. The zero-order chi connectivity index (χ0) is 12.4. The third-order valence-electron chi connectivity index (χ3n) is 2.80. The fourth-order valence-electron chi connectivity index (χ4n) is 1.87.